The van der Waals surface area contributed by atoms with Crippen LogP contribution >= 0.6 is 11.3 Å². The molecule has 3 nitrogen and oxygen atoms in total. The molecule has 2 atom stereocenters. The third kappa shape index (κ3) is 2.46. The van der Waals surface area contributed by atoms with Gasteiger partial charge in [0.1, 0.15) is 0 Å². The van der Waals surface area contributed by atoms with Gasteiger partial charge in [-0.05, 0) is 44.9 Å². The van der Waals surface area contributed by atoms with Gasteiger partial charge in [0.15, 0.2) is 0 Å². The molecule has 2 unspecified atom stereocenters. The third-order valence-electron chi connectivity index (χ3n) is 4.39. The molecule has 3 rings (SSSR count). The molecule has 1 saturated heterocycles. The smallest absolute Gasteiger partial charge is 0.0954 e. The Hall–Kier alpha value is -0.450. The Morgan fingerprint density at radius 2 is 2.44 bits per heavy atom. The minimum absolute atomic E-state index is 0.128. The molecule has 100 valence electrons. The topological polar surface area (TPSA) is 42.4 Å². The van der Waals surface area contributed by atoms with Gasteiger partial charge in [0.2, 0.25) is 0 Å². The van der Waals surface area contributed by atoms with Gasteiger partial charge in [0.25, 0.3) is 0 Å². The summed E-state index contributed by atoms with van der Waals surface area (Å²) in [7, 11) is 0. The fourth-order valence-corrected chi connectivity index (χ4v) is 3.98. The lowest BCUT2D eigenvalue weighted by Gasteiger charge is -2.48. The predicted molar refractivity (Wildman–Crippen MR) is 71.8 cm³/mol. The Balaban J connectivity index is 1.60. The van der Waals surface area contributed by atoms with Crippen molar-refractivity contribution < 1.29 is 9.84 Å². The van der Waals surface area contributed by atoms with E-state index in [0.717, 1.165) is 30.2 Å². The van der Waals surface area contributed by atoms with Gasteiger partial charge in [-0.2, -0.15) is 0 Å². The lowest BCUT2D eigenvalue weighted by Crippen LogP contribution is -2.48. The number of rotatable bonds is 3. The summed E-state index contributed by atoms with van der Waals surface area (Å²) in [5.41, 5.74) is 1.19. The van der Waals surface area contributed by atoms with Gasteiger partial charge in [-0.25, -0.2) is 4.98 Å². The van der Waals surface area contributed by atoms with Crippen molar-refractivity contribution in [3.8, 4) is 0 Å². The molecule has 2 heterocycles. The molecular weight excluding hydrogens is 246 g/mol. The zero-order valence-electron chi connectivity index (χ0n) is 10.9. The van der Waals surface area contributed by atoms with Crippen LogP contribution in [-0.2, 0) is 11.2 Å². The minimum Gasteiger partial charge on any atom is -0.392 e. The van der Waals surface area contributed by atoms with Crippen LogP contribution in [0.5, 0.6) is 0 Å². The molecule has 0 amide bonds. The average molecular weight is 267 g/mol. The molecule has 0 radical (unpaired) electrons. The van der Waals surface area contributed by atoms with Crippen molar-refractivity contribution in [2.45, 2.75) is 57.2 Å². The number of hydrogen-bond donors (Lipinski definition) is 1. The van der Waals surface area contributed by atoms with E-state index in [0.29, 0.717) is 12.3 Å². The van der Waals surface area contributed by atoms with E-state index in [-0.39, 0.29) is 11.7 Å². The van der Waals surface area contributed by atoms with Crippen LogP contribution in [0.3, 0.4) is 0 Å². The highest BCUT2D eigenvalue weighted by atomic mass is 32.1. The van der Waals surface area contributed by atoms with Crippen LogP contribution in [0.15, 0.2) is 5.38 Å². The summed E-state index contributed by atoms with van der Waals surface area (Å²) >= 11 is 1.66. The molecule has 0 aromatic carbocycles. The van der Waals surface area contributed by atoms with Crippen molar-refractivity contribution in [3.63, 3.8) is 0 Å². The summed E-state index contributed by atoms with van der Waals surface area (Å²) < 4.78 is 5.91. The van der Waals surface area contributed by atoms with Crippen molar-refractivity contribution in [2.75, 3.05) is 6.61 Å². The number of ether oxygens (including phenoxy) is 1. The van der Waals surface area contributed by atoms with Crippen LogP contribution in [0.25, 0.3) is 0 Å². The second-order valence-electron chi connectivity index (χ2n) is 5.79. The van der Waals surface area contributed by atoms with Gasteiger partial charge in [-0.3, -0.25) is 0 Å². The molecule has 18 heavy (non-hydrogen) atoms. The molecule has 0 bridgehead atoms. The normalized spacial score (nSPS) is 28.0. The molecular formula is C14H21NO2S. The summed E-state index contributed by atoms with van der Waals surface area (Å²) in [5.74, 6) is 0.392. The van der Waals surface area contributed by atoms with Crippen molar-refractivity contribution >= 4 is 11.3 Å². The number of aromatic nitrogens is 1. The number of thiazole rings is 1. The lowest BCUT2D eigenvalue weighted by molar-refractivity contribution is -0.156. The SMILES string of the molecule is Cc1csc(CC(O)C2CCOC3(CCC3)C2)n1. The van der Waals surface area contributed by atoms with Crippen molar-refractivity contribution in [3.05, 3.63) is 16.1 Å². The van der Waals surface area contributed by atoms with E-state index in [1.165, 1.54) is 19.3 Å². The summed E-state index contributed by atoms with van der Waals surface area (Å²) in [6, 6.07) is 0. The quantitative estimate of drug-likeness (QED) is 0.915. The first-order valence-electron chi connectivity index (χ1n) is 6.90. The molecule has 1 saturated carbocycles. The van der Waals surface area contributed by atoms with Crippen molar-refractivity contribution in [1.29, 1.82) is 0 Å². The van der Waals surface area contributed by atoms with Gasteiger partial charge in [-0.15, -0.1) is 11.3 Å². The zero-order chi connectivity index (χ0) is 12.6. The predicted octanol–water partition coefficient (Wildman–Crippen LogP) is 2.70. The van der Waals surface area contributed by atoms with E-state index in [1.54, 1.807) is 11.3 Å². The van der Waals surface area contributed by atoms with Gasteiger partial charge in [-0.1, -0.05) is 0 Å². The monoisotopic (exact) mass is 267 g/mol. The van der Waals surface area contributed by atoms with Crippen molar-refractivity contribution in [1.82, 2.24) is 4.98 Å². The second-order valence-corrected chi connectivity index (χ2v) is 6.73. The van der Waals surface area contributed by atoms with E-state index < -0.39 is 0 Å². The van der Waals surface area contributed by atoms with Gasteiger partial charge >= 0.3 is 0 Å². The first-order chi connectivity index (χ1) is 8.67. The largest absolute Gasteiger partial charge is 0.392 e. The van der Waals surface area contributed by atoms with Crippen LogP contribution in [0.2, 0.25) is 0 Å². The Bertz CT molecular complexity index is 414. The third-order valence-corrected chi connectivity index (χ3v) is 5.38. The number of aliphatic hydroxyl groups excluding tert-OH is 1. The molecule has 1 aliphatic heterocycles. The summed E-state index contributed by atoms with van der Waals surface area (Å²) in [6.45, 7) is 2.82. The van der Waals surface area contributed by atoms with E-state index in [1.807, 2.05) is 6.92 Å². The molecule has 1 aliphatic carbocycles. The van der Waals surface area contributed by atoms with Crippen molar-refractivity contribution in [2.24, 2.45) is 5.92 Å². The molecule has 1 spiro atoms. The van der Waals surface area contributed by atoms with Gasteiger partial charge in [0.05, 0.1) is 16.7 Å². The van der Waals surface area contributed by atoms with E-state index in [9.17, 15) is 5.11 Å². The van der Waals surface area contributed by atoms with Crippen LogP contribution in [0.4, 0.5) is 0 Å². The second kappa shape index (κ2) is 4.91. The molecule has 1 aromatic rings. The van der Waals surface area contributed by atoms with Crippen LogP contribution in [0, 0.1) is 12.8 Å². The number of nitrogens with zero attached hydrogens (tertiary/aromatic N) is 1. The maximum atomic E-state index is 10.4. The number of hydrogen-bond acceptors (Lipinski definition) is 4. The van der Waals surface area contributed by atoms with Gasteiger partial charge in [0, 0.05) is 24.1 Å². The first kappa shape index (κ1) is 12.6. The fraction of sp³-hybridized carbons (Fsp3) is 0.786. The van der Waals surface area contributed by atoms with Crippen LogP contribution in [0.1, 0.15) is 42.8 Å². The highest BCUT2D eigenvalue weighted by Crippen LogP contribution is 2.45. The maximum Gasteiger partial charge on any atom is 0.0954 e. The van der Waals surface area contributed by atoms with E-state index in [2.05, 4.69) is 10.4 Å². The summed E-state index contributed by atoms with van der Waals surface area (Å²) in [6.07, 6.45) is 6.15. The first-order valence-corrected chi connectivity index (χ1v) is 7.78. The Labute approximate surface area is 112 Å². The Morgan fingerprint density at radius 3 is 3.06 bits per heavy atom. The standard InChI is InChI=1S/C14H21NO2S/c1-10-9-18-13(15-10)7-12(16)11-3-6-17-14(8-11)4-2-5-14/h9,11-12,16H,2-8H2,1H3. The number of aryl methyl sites for hydroxylation is 1. The zero-order valence-corrected chi connectivity index (χ0v) is 11.7. The Kier molecular flexibility index (Phi) is 3.43. The molecule has 1 N–H and O–H groups in total. The highest BCUT2D eigenvalue weighted by Gasteiger charge is 2.44. The Morgan fingerprint density at radius 1 is 1.61 bits per heavy atom. The van der Waals surface area contributed by atoms with Gasteiger partial charge < -0.3 is 9.84 Å². The molecule has 4 heteroatoms. The summed E-state index contributed by atoms with van der Waals surface area (Å²) in [5, 5.41) is 13.5. The highest BCUT2D eigenvalue weighted by molar-refractivity contribution is 7.09. The lowest BCUT2D eigenvalue weighted by atomic mass is 9.70. The van der Waals surface area contributed by atoms with E-state index >= 15 is 0 Å². The van der Waals surface area contributed by atoms with E-state index in [4.69, 9.17) is 4.74 Å². The average Bonchev–Trinajstić information content (AvgIpc) is 2.73. The minimum atomic E-state index is -0.253. The summed E-state index contributed by atoms with van der Waals surface area (Å²) in [4.78, 5) is 4.44. The molecule has 1 aromatic heterocycles. The number of aliphatic hydroxyl groups is 1. The maximum absolute atomic E-state index is 10.4. The van der Waals surface area contributed by atoms with Crippen LogP contribution in [-0.4, -0.2) is 28.4 Å². The van der Waals surface area contributed by atoms with Crippen LogP contribution < -0.4 is 0 Å². The fourth-order valence-electron chi connectivity index (χ4n) is 3.16. The molecule has 2 aliphatic rings. The molecule has 2 fully saturated rings.